The Morgan fingerprint density at radius 2 is 1.83 bits per heavy atom. The Balaban J connectivity index is 2.36. The lowest BCUT2D eigenvalue weighted by Crippen LogP contribution is -1.92. The highest BCUT2D eigenvalue weighted by molar-refractivity contribution is 9.08. The molecule has 1 nitrogen and oxygen atoms in total. The van der Waals surface area contributed by atoms with Crippen LogP contribution in [0.4, 0.5) is 8.78 Å². The minimum Gasteiger partial charge on any atom is -0.454 e. The molecule has 2 rings (SSSR count). The van der Waals surface area contributed by atoms with Crippen molar-refractivity contribution in [2.24, 2.45) is 0 Å². The fourth-order valence-corrected chi connectivity index (χ4v) is 2.04. The van der Waals surface area contributed by atoms with Gasteiger partial charge in [0.25, 0.3) is 0 Å². The van der Waals surface area contributed by atoms with Crippen LogP contribution in [0.5, 0.6) is 11.5 Å². The Labute approximate surface area is 116 Å². The Hall–Kier alpha value is -1.13. The maximum absolute atomic E-state index is 13.5. The average molecular weight is 334 g/mol. The van der Waals surface area contributed by atoms with E-state index in [1.165, 1.54) is 6.07 Å². The van der Waals surface area contributed by atoms with Gasteiger partial charge in [0.15, 0.2) is 11.6 Å². The number of hydrogen-bond donors (Lipinski definition) is 0. The second kappa shape index (κ2) is 5.67. The second-order valence-corrected chi connectivity index (χ2v) is 4.56. The van der Waals surface area contributed by atoms with Crippen molar-refractivity contribution < 1.29 is 13.5 Å². The van der Waals surface area contributed by atoms with Crippen molar-refractivity contribution in [1.82, 2.24) is 0 Å². The van der Waals surface area contributed by atoms with Crippen LogP contribution in [-0.4, -0.2) is 0 Å². The monoisotopic (exact) mass is 332 g/mol. The van der Waals surface area contributed by atoms with Gasteiger partial charge in [-0.05, 0) is 24.3 Å². The van der Waals surface area contributed by atoms with E-state index in [9.17, 15) is 8.78 Å². The van der Waals surface area contributed by atoms with Crippen LogP contribution in [0.25, 0.3) is 0 Å². The predicted molar refractivity (Wildman–Crippen MR) is 70.5 cm³/mol. The van der Waals surface area contributed by atoms with Crippen molar-refractivity contribution in [3.8, 4) is 11.5 Å². The molecule has 0 N–H and O–H groups in total. The van der Waals surface area contributed by atoms with Crippen molar-refractivity contribution in [3.05, 3.63) is 58.6 Å². The summed E-state index contributed by atoms with van der Waals surface area (Å²) in [4.78, 5) is 0. The highest BCUT2D eigenvalue weighted by atomic mass is 79.9. The van der Waals surface area contributed by atoms with Gasteiger partial charge in [-0.2, -0.15) is 0 Å². The zero-order chi connectivity index (χ0) is 13.1. The van der Waals surface area contributed by atoms with Crippen LogP contribution in [0.3, 0.4) is 0 Å². The summed E-state index contributed by atoms with van der Waals surface area (Å²) in [5.41, 5.74) is 0.822. The standard InChI is InChI=1S/C13H8BrClF2O/c14-7-8-1-2-9(15)5-13(8)18-12-4-3-10(16)6-11(12)17/h1-6H,7H2. The van der Waals surface area contributed by atoms with Crippen molar-refractivity contribution in [2.75, 3.05) is 0 Å². The van der Waals surface area contributed by atoms with Gasteiger partial charge in [-0.3, -0.25) is 0 Å². The molecule has 0 radical (unpaired) electrons. The number of alkyl halides is 1. The maximum Gasteiger partial charge on any atom is 0.168 e. The van der Waals surface area contributed by atoms with E-state index in [2.05, 4.69) is 15.9 Å². The molecule has 0 aliphatic rings. The molecule has 18 heavy (non-hydrogen) atoms. The van der Waals surface area contributed by atoms with Crippen LogP contribution in [0.15, 0.2) is 36.4 Å². The third-order valence-corrected chi connectivity index (χ3v) is 3.13. The topological polar surface area (TPSA) is 9.23 Å². The van der Waals surface area contributed by atoms with Crippen molar-refractivity contribution in [3.63, 3.8) is 0 Å². The molecule has 0 amide bonds. The summed E-state index contributed by atoms with van der Waals surface area (Å²) < 4.78 is 31.6. The van der Waals surface area contributed by atoms with Gasteiger partial charge in [0, 0.05) is 22.0 Å². The summed E-state index contributed by atoms with van der Waals surface area (Å²) >= 11 is 9.16. The normalized spacial score (nSPS) is 10.4. The van der Waals surface area contributed by atoms with E-state index >= 15 is 0 Å². The van der Waals surface area contributed by atoms with E-state index in [0.29, 0.717) is 16.1 Å². The molecule has 0 aliphatic heterocycles. The molecule has 0 saturated carbocycles. The second-order valence-electron chi connectivity index (χ2n) is 3.56. The van der Waals surface area contributed by atoms with Crippen molar-refractivity contribution in [2.45, 2.75) is 5.33 Å². The Morgan fingerprint density at radius 1 is 1.06 bits per heavy atom. The first-order chi connectivity index (χ1) is 8.60. The van der Waals surface area contributed by atoms with E-state index in [0.717, 1.165) is 17.7 Å². The molecule has 5 heteroatoms. The molecule has 0 heterocycles. The highest BCUT2D eigenvalue weighted by Crippen LogP contribution is 2.31. The quantitative estimate of drug-likeness (QED) is 0.692. The van der Waals surface area contributed by atoms with Crippen LogP contribution in [0.1, 0.15) is 5.56 Å². The van der Waals surface area contributed by atoms with Crippen LogP contribution < -0.4 is 4.74 Å². The third-order valence-electron chi connectivity index (χ3n) is 2.29. The maximum atomic E-state index is 13.5. The van der Waals surface area contributed by atoms with Gasteiger partial charge in [0.05, 0.1) is 0 Å². The fourth-order valence-electron chi connectivity index (χ4n) is 1.41. The number of rotatable bonds is 3. The third kappa shape index (κ3) is 3.00. The summed E-state index contributed by atoms with van der Waals surface area (Å²) in [6.07, 6.45) is 0. The molecule has 0 aliphatic carbocycles. The lowest BCUT2D eigenvalue weighted by molar-refractivity contribution is 0.435. The van der Waals surface area contributed by atoms with Gasteiger partial charge >= 0.3 is 0 Å². The minimum atomic E-state index is -0.754. The van der Waals surface area contributed by atoms with E-state index in [4.69, 9.17) is 16.3 Å². The summed E-state index contributed by atoms with van der Waals surface area (Å²) in [6.45, 7) is 0. The minimum absolute atomic E-state index is 0.0409. The molecular formula is C13H8BrClF2O. The fraction of sp³-hybridized carbons (Fsp3) is 0.0769. The predicted octanol–water partition coefficient (Wildman–Crippen LogP) is 5.31. The molecule has 2 aromatic carbocycles. The van der Waals surface area contributed by atoms with Gasteiger partial charge < -0.3 is 4.74 Å². The zero-order valence-electron chi connectivity index (χ0n) is 9.09. The largest absolute Gasteiger partial charge is 0.454 e. The first-order valence-electron chi connectivity index (χ1n) is 5.07. The van der Waals surface area contributed by atoms with Gasteiger partial charge in [0.2, 0.25) is 0 Å². The first-order valence-corrected chi connectivity index (χ1v) is 6.57. The van der Waals surface area contributed by atoms with Gasteiger partial charge in [-0.25, -0.2) is 8.78 Å². The molecule has 2 aromatic rings. The van der Waals surface area contributed by atoms with Crippen LogP contribution in [0, 0.1) is 11.6 Å². The SMILES string of the molecule is Fc1ccc(Oc2cc(Cl)ccc2CBr)c(F)c1. The lowest BCUT2D eigenvalue weighted by Gasteiger charge is -2.10. The smallest absolute Gasteiger partial charge is 0.168 e. The van der Waals surface area contributed by atoms with E-state index in [-0.39, 0.29) is 5.75 Å². The van der Waals surface area contributed by atoms with Gasteiger partial charge in [-0.15, -0.1) is 0 Å². The number of ether oxygens (including phenoxy) is 1. The molecule has 0 fully saturated rings. The number of halogens is 4. The Morgan fingerprint density at radius 3 is 2.50 bits per heavy atom. The summed E-state index contributed by atoms with van der Waals surface area (Å²) in [6, 6.07) is 8.22. The van der Waals surface area contributed by atoms with Crippen LogP contribution in [-0.2, 0) is 5.33 Å². The van der Waals surface area contributed by atoms with E-state index < -0.39 is 11.6 Å². The summed E-state index contributed by atoms with van der Waals surface area (Å²) in [7, 11) is 0. The van der Waals surface area contributed by atoms with E-state index in [1.807, 2.05) is 0 Å². The Bertz CT molecular complexity index is 575. The number of benzene rings is 2. The van der Waals surface area contributed by atoms with Crippen molar-refractivity contribution >= 4 is 27.5 Å². The van der Waals surface area contributed by atoms with E-state index in [1.54, 1.807) is 18.2 Å². The molecule has 0 bridgehead atoms. The average Bonchev–Trinajstić information content (AvgIpc) is 2.33. The molecule has 0 saturated heterocycles. The summed E-state index contributed by atoms with van der Waals surface area (Å²) in [5, 5.41) is 1.03. The molecule has 0 aromatic heterocycles. The first kappa shape index (κ1) is 13.3. The molecule has 0 atom stereocenters. The molecular weight excluding hydrogens is 325 g/mol. The Kier molecular flexibility index (Phi) is 4.19. The van der Waals surface area contributed by atoms with Gasteiger partial charge in [0.1, 0.15) is 11.6 Å². The molecule has 0 spiro atoms. The molecule has 0 unspecified atom stereocenters. The van der Waals surface area contributed by atoms with Crippen LogP contribution in [0.2, 0.25) is 5.02 Å². The van der Waals surface area contributed by atoms with Gasteiger partial charge in [-0.1, -0.05) is 33.6 Å². The zero-order valence-corrected chi connectivity index (χ0v) is 11.4. The number of hydrogen-bond acceptors (Lipinski definition) is 1. The van der Waals surface area contributed by atoms with Crippen LogP contribution >= 0.6 is 27.5 Å². The molecule has 94 valence electrons. The van der Waals surface area contributed by atoms with Crippen molar-refractivity contribution in [1.29, 1.82) is 0 Å². The summed E-state index contributed by atoms with van der Waals surface area (Å²) in [5.74, 6) is -1.01. The highest BCUT2D eigenvalue weighted by Gasteiger charge is 2.09. The lowest BCUT2D eigenvalue weighted by atomic mass is 10.2.